The summed E-state index contributed by atoms with van der Waals surface area (Å²) in [7, 11) is 0. The van der Waals surface area contributed by atoms with Gasteiger partial charge in [-0.2, -0.15) is 0 Å². The molecule has 0 bridgehead atoms. The molecule has 104 valence electrons. The molecule has 1 N–H and O–H groups in total. The first-order chi connectivity index (χ1) is 9.11. The molecule has 0 radical (unpaired) electrons. The van der Waals surface area contributed by atoms with Gasteiger partial charge in [0.1, 0.15) is 17.4 Å². The summed E-state index contributed by atoms with van der Waals surface area (Å²) in [4.78, 5) is 11.3. The molecule has 0 saturated heterocycles. The Morgan fingerprint density at radius 3 is 2.84 bits per heavy atom. The second-order valence-electron chi connectivity index (χ2n) is 5.05. The van der Waals surface area contributed by atoms with E-state index < -0.39 is 5.97 Å². The zero-order chi connectivity index (χ0) is 13.8. The van der Waals surface area contributed by atoms with Crippen LogP contribution in [0.5, 0.6) is 5.75 Å². The average Bonchev–Trinajstić information content (AvgIpc) is 2.41. The Balaban J connectivity index is 2.20. The molecule has 0 heterocycles. The molecule has 1 aliphatic carbocycles. The van der Waals surface area contributed by atoms with Crippen LogP contribution in [0.25, 0.3) is 0 Å². The van der Waals surface area contributed by atoms with Crippen molar-refractivity contribution in [2.75, 3.05) is 0 Å². The highest BCUT2D eigenvalue weighted by Crippen LogP contribution is 2.32. The van der Waals surface area contributed by atoms with Gasteiger partial charge >= 0.3 is 5.97 Å². The standard InChI is InChI=1S/C15H19BrO3/c1-2-10-5-3-4-6-13(10)19-14-8-7-11(16)9-12(14)15(17)18/h7-10,13H,2-6H2,1H3,(H,17,18). The third-order valence-electron chi connectivity index (χ3n) is 3.81. The van der Waals surface area contributed by atoms with Gasteiger partial charge in [-0.1, -0.05) is 29.3 Å². The fourth-order valence-corrected chi connectivity index (χ4v) is 3.09. The Kier molecular flexibility index (Phi) is 4.86. The number of hydrogen-bond donors (Lipinski definition) is 1. The van der Waals surface area contributed by atoms with Crippen molar-refractivity contribution in [3.63, 3.8) is 0 Å². The topological polar surface area (TPSA) is 46.5 Å². The first-order valence-corrected chi connectivity index (χ1v) is 7.60. The molecule has 0 amide bonds. The summed E-state index contributed by atoms with van der Waals surface area (Å²) >= 11 is 3.30. The molecular formula is C15H19BrO3. The van der Waals surface area contributed by atoms with E-state index in [0.29, 0.717) is 11.7 Å². The van der Waals surface area contributed by atoms with Gasteiger partial charge in [0.05, 0.1) is 0 Å². The highest BCUT2D eigenvalue weighted by Gasteiger charge is 2.26. The van der Waals surface area contributed by atoms with Crippen LogP contribution < -0.4 is 4.74 Å². The van der Waals surface area contributed by atoms with Crippen molar-refractivity contribution >= 4 is 21.9 Å². The van der Waals surface area contributed by atoms with Gasteiger partial charge in [-0.3, -0.25) is 0 Å². The number of ether oxygens (including phenoxy) is 1. The lowest BCUT2D eigenvalue weighted by molar-refractivity contribution is 0.0664. The Bertz CT molecular complexity index is 459. The molecule has 0 spiro atoms. The van der Waals surface area contributed by atoms with Crippen LogP contribution >= 0.6 is 15.9 Å². The molecule has 1 aromatic carbocycles. The molecule has 19 heavy (non-hydrogen) atoms. The lowest BCUT2D eigenvalue weighted by Crippen LogP contribution is -2.30. The SMILES string of the molecule is CCC1CCCCC1Oc1ccc(Br)cc1C(=O)O. The van der Waals surface area contributed by atoms with Crippen molar-refractivity contribution in [3.8, 4) is 5.75 Å². The van der Waals surface area contributed by atoms with Crippen LogP contribution in [0.15, 0.2) is 22.7 Å². The Morgan fingerprint density at radius 2 is 2.16 bits per heavy atom. The minimum absolute atomic E-state index is 0.151. The third kappa shape index (κ3) is 3.50. The molecule has 1 fully saturated rings. The summed E-state index contributed by atoms with van der Waals surface area (Å²) in [5.41, 5.74) is 0.231. The summed E-state index contributed by atoms with van der Waals surface area (Å²) in [6, 6.07) is 5.17. The molecule has 4 heteroatoms. The quantitative estimate of drug-likeness (QED) is 0.886. The van der Waals surface area contributed by atoms with Crippen LogP contribution in [0.1, 0.15) is 49.4 Å². The number of benzene rings is 1. The lowest BCUT2D eigenvalue weighted by Gasteiger charge is -2.31. The molecule has 2 unspecified atom stereocenters. The number of carboxylic acid groups (broad SMARTS) is 1. The summed E-state index contributed by atoms with van der Waals surface area (Å²) < 4.78 is 6.76. The number of carboxylic acids is 1. The summed E-state index contributed by atoms with van der Waals surface area (Å²) in [5, 5.41) is 9.24. The summed E-state index contributed by atoms with van der Waals surface area (Å²) in [6.45, 7) is 2.17. The van der Waals surface area contributed by atoms with E-state index in [1.165, 1.54) is 19.3 Å². The van der Waals surface area contributed by atoms with Crippen molar-refractivity contribution in [1.82, 2.24) is 0 Å². The second-order valence-corrected chi connectivity index (χ2v) is 5.97. The van der Waals surface area contributed by atoms with Crippen LogP contribution in [-0.2, 0) is 0 Å². The van der Waals surface area contributed by atoms with Gasteiger partial charge in [0.2, 0.25) is 0 Å². The maximum Gasteiger partial charge on any atom is 0.339 e. The van der Waals surface area contributed by atoms with Gasteiger partial charge < -0.3 is 9.84 Å². The lowest BCUT2D eigenvalue weighted by atomic mass is 9.84. The largest absolute Gasteiger partial charge is 0.489 e. The molecular weight excluding hydrogens is 308 g/mol. The van der Waals surface area contributed by atoms with Crippen molar-refractivity contribution < 1.29 is 14.6 Å². The number of halogens is 1. The number of hydrogen-bond acceptors (Lipinski definition) is 2. The van der Waals surface area contributed by atoms with Crippen LogP contribution in [0.3, 0.4) is 0 Å². The summed E-state index contributed by atoms with van der Waals surface area (Å²) in [5.74, 6) is 0.0836. The number of carbonyl (C=O) groups is 1. The molecule has 0 aliphatic heterocycles. The first-order valence-electron chi connectivity index (χ1n) is 6.81. The molecule has 2 rings (SSSR count). The molecule has 0 aromatic heterocycles. The van der Waals surface area contributed by atoms with Gasteiger partial charge in [0.25, 0.3) is 0 Å². The first kappa shape index (κ1) is 14.4. The maximum atomic E-state index is 11.3. The van der Waals surface area contributed by atoms with Gasteiger partial charge in [-0.25, -0.2) is 4.79 Å². The van der Waals surface area contributed by atoms with Crippen LogP contribution in [0.2, 0.25) is 0 Å². The number of rotatable bonds is 4. The van der Waals surface area contributed by atoms with Crippen LogP contribution in [-0.4, -0.2) is 17.2 Å². The fourth-order valence-electron chi connectivity index (χ4n) is 2.73. The van der Waals surface area contributed by atoms with E-state index in [-0.39, 0.29) is 11.7 Å². The number of aromatic carboxylic acids is 1. The van der Waals surface area contributed by atoms with E-state index >= 15 is 0 Å². The Morgan fingerprint density at radius 1 is 1.42 bits per heavy atom. The van der Waals surface area contributed by atoms with Gasteiger partial charge in [0.15, 0.2) is 0 Å². The van der Waals surface area contributed by atoms with Gasteiger partial charge in [0, 0.05) is 4.47 Å². The van der Waals surface area contributed by atoms with Gasteiger partial charge in [-0.05, 0) is 49.8 Å². The molecule has 3 nitrogen and oxygen atoms in total. The minimum Gasteiger partial charge on any atom is -0.489 e. The van der Waals surface area contributed by atoms with Crippen molar-refractivity contribution in [2.24, 2.45) is 5.92 Å². The maximum absolute atomic E-state index is 11.3. The highest BCUT2D eigenvalue weighted by atomic mass is 79.9. The highest BCUT2D eigenvalue weighted by molar-refractivity contribution is 9.10. The van der Waals surface area contributed by atoms with Crippen molar-refractivity contribution in [2.45, 2.75) is 45.1 Å². The monoisotopic (exact) mass is 326 g/mol. The Labute approximate surface area is 122 Å². The van der Waals surface area contributed by atoms with Crippen LogP contribution in [0.4, 0.5) is 0 Å². The van der Waals surface area contributed by atoms with Crippen molar-refractivity contribution in [1.29, 1.82) is 0 Å². The van der Waals surface area contributed by atoms with Gasteiger partial charge in [-0.15, -0.1) is 0 Å². The van der Waals surface area contributed by atoms with E-state index in [1.807, 2.05) is 6.07 Å². The van der Waals surface area contributed by atoms with E-state index in [2.05, 4.69) is 22.9 Å². The predicted molar refractivity (Wildman–Crippen MR) is 77.8 cm³/mol. The average molecular weight is 327 g/mol. The molecule has 2 atom stereocenters. The Hall–Kier alpha value is -1.03. The van der Waals surface area contributed by atoms with E-state index in [9.17, 15) is 9.90 Å². The second kappa shape index (κ2) is 6.42. The summed E-state index contributed by atoms with van der Waals surface area (Å²) in [6.07, 6.45) is 5.86. The normalized spacial score (nSPS) is 23.1. The molecule has 1 aliphatic rings. The predicted octanol–water partition coefficient (Wildman–Crippen LogP) is 4.49. The zero-order valence-electron chi connectivity index (χ0n) is 11.1. The van der Waals surface area contributed by atoms with E-state index in [1.54, 1.807) is 12.1 Å². The minimum atomic E-state index is -0.944. The fraction of sp³-hybridized carbons (Fsp3) is 0.533. The zero-order valence-corrected chi connectivity index (χ0v) is 12.6. The smallest absolute Gasteiger partial charge is 0.339 e. The van der Waals surface area contributed by atoms with E-state index in [0.717, 1.165) is 17.3 Å². The van der Waals surface area contributed by atoms with Crippen molar-refractivity contribution in [3.05, 3.63) is 28.2 Å². The van der Waals surface area contributed by atoms with Crippen LogP contribution in [0, 0.1) is 5.92 Å². The third-order valence-corrected chi connectivity index (χ3v) is 4.31. The molecule has 1 saturated carbocycles. The van der Waals surface area contributed by atoms with E-state index in [4.69, 9.17) is 4.74 Å². The molecule has 1 aromatic rings.